The van der Waals surface area contributed by atoms with Gasteiger partial charge in [0, 0.05) is 24.8 Å². The van der Waals surface area contributed by atoms with Crippen LogP contribution in [0.2, 0.25) is 0 Å². The summed E-state index contributed by atoms with van der Waals surface area (Å²) in [6, 6.07) is 25.1. The highest BCUT2D eigenvalue weighted by Crippen LogP contribution is 2.47. The lowest BCUT2D eigenvalue weighted by atomic mass is 9.95. The first-order valence-electron chi connectivity index (χ1n) is 10.5. The van der Waals surface area contributed by atoms with E-state index in [1.165, 1.54) is 0 Å². The van der Waals surface area contributed by atoms with E-state index in [-0.39, 0.29) is 12.2 Å². The van der Waals surface area contributed by atoms with E-state index >= 15 is 0 Å². The van der Waals surface area contributed by atoms with Crippen LogP contribution in [-0.2, 0) is 9.47 Å². The molecule has 2 atom stereocenters. The third-order valence-electron chi connectivity index (χ3n) is 5.60. The van der Waals surface area contributed by atoms with Crippen molar-refractivity contribution in [1.82, 2.24) is 9.97 Å². The Kier molecular flexibility index (Phi) is 5.10. The first-order valence-corrected chi connectivity index (χ1v) is 10.5. The Balaban J connectivity index is 1.43. The van der Waals surface area contributed by atoms with Crippen LogP contribution >= 0.6 is 0 Å². The summed E-state index contributed by atoms with van der Waals surface area (Å²) < 4.78 is 12.6. The molecule has 2 aromatic heterocycles. The summed E-state index contributed by atoms with van der Waals surface area (Å²) in [6.07, 6.45) is 6.90. The van der Waals surface area contributed by atoms with Gasteiger partial charge in [-0.05, 0) is 71.5 Å². The topological polar surface area (TPSA) is 44.2 Å². The van der Waals surface area contributed by atoms with Crippen LogP contribution in [0.1, 0.15) is 37.2 Å². The predicted octanol–water partition coefficient (Wildman–Crippen LogP) is 6.38. The Morgan fingerprint density at radius 2 is 0.839 bits per heavy atom. The highest BCUT2D eigenvalue weighted by Gasteiger charge is 2.42. The molecule has 0 unspecified atom stereocenters. The Hall–Kier alpha value is -3.34. The van der Waals surface area contributed by atoms with Gasteiger partial charge in [0.2, 0.25) is 0 Å². The molecule has 31 heavy (non-hydrogen) atoms. The number of ether oxygens (including phenoxy) is 2. The largest absolute Gasteiger partial charge is 0.339 e. The lowest BCUT2D eigenvalue weighted by molar-refractivity contribution is -0.147. The van der Waals surface area contributed by atoms with Gasteiger partial charge in [0.1, 0.15) is 12.2 Å². The highest BCUT2D eigenvalue weighted by molar-refractivity contribution is 5.64. The molecule has 0 spiro atoms. The Labute approximate surface area is 182 Å². The van der Waals surface area contributed by atoms with Gasteiger partial charge in [-0.1, -0.05) is 48.5 Å². The lowest BCUT2D eigenvalue weighted by Crippen LogP contribution is -2.20. The molecule has 0 radical (unpaired) electrons. The molecule has 1 fully saturated rings. The van der Waals surface area contributed by atoms with E-state index in [4.69, 9.17) is 9.47 Å². The second-order valence-corrected chi connectivity index (χ2v) is 8.19. The number of nitrogens with zero attached hydrogens (tertiary/aromatic N) is 2. The van der Waals surface area contributed by atoms with Crippen LogP contribution < -0.4 is 0 Å². The predicted molar refractivity (Wildman–Crippen MR) is 121 cm³/mol. The van der Waals surface area contributed by atoms with E-state index in [2.05, 4.69) is 58.5 Å². The average molecular weight is 409 g/mol. The van der Waals surface area contributed by atoms with E-state index in [1.54, 1.807) is 0 Å². The van der Waals surface area contributed by atoms with Crippen LogP contribution in [0.5, 0.6) is 0 Å². The molecular formula is C27H24N2O2. The first-order chi connectivity index (χ1) is 15.1. The summed E-state index contributed by atoms with van der Waals surface area (Å²) in [6.45, 7) is 3.94. The van der Waals surface area contributed by atoms with Crippen LogP contribution in [0.15, 0.2) is 97.6 Å². The van der Waals surface area contributed by atoms with Crippen LogP contribution in [0, 0.1) is 0 Å². The van der Waals surface area contributed by atoms with Gasteiger partial charge in [-0.3, -0.25) is 9.97 Å². The Morgan fingerprint density at radius 3 is 1.19 bits per heavy atom. The zero-order chi connectivity index (χ0) is 21.3. The van der Waals surface area contributed by atoms with Gasteiger partial charge in [0.15, 0.2) is 5.79 Å². The maximum Gasteiger partial charge on any atom is 0.164 e. The molecule has 1 aliphatic rings. The molecule has 4 heteroatoms. The monoisotopic (exact) mass is 408 g/mol. The fourth-order valence-electron chi connectivity index (χ4n) is 4.07. The van der Waals surface area contributed by atoms with Gasteiger partial charge in [-0.15, -0.1) is 0 Å². The summed E-state index contributed by atoms with van der Waals surface area (Å²) in [5.41, 5.74) is 6.81. The van der Waals surface area contributed by atoms with E-state index in [0.717, 1.165) is 33.4 Å². The fraction of sp³-hybridized carbons (Fsp3) is 0.185. The second-order valence-electron chi connectivity index (χ2n) is 8.19. The van der Waals surface area contributed by atoms with Gasteiger partial charge in [0.25, 0.3) is 0 Å². The third kappa shape index (κ3) is 4.13. The molecule has 0 amide bonds. The van der Waals surface area contributed by atoms with E-state index in [9.17, 15) is 0 Å². The van der Waals surface area contributed by atoms with Crippen molar-refractivity contribution < 1.29 is 9.47 Å². The smallest absolute Gasteiger partial charge is 0.164 e. The van der Waals surface area contributed by atoms with Crippen molar-refractivity contribution in [3.05, 3.63) is 109 Å². The van der Waals surface area contributed by atoms with Crippen molar-refractivity contribution in [2.75, 3.05) is 0 Å². The Morgan fingerprint density at radius 1 is 0.516 bits per heavy atom. The molecule has 0 aliphatic carbocycles. The normalized spacial score (nSPS) is 19.9. The van der Waals surface area contributed by atoms with E-state index in [1.807, 2.05) is 62.9 Å². The molecule has 1 saturated heterocycles. The first kappa shape index (κ1) is 19.6. The fourth-order valence-corrected chi connectivity index (χ4v) is 4.07. The number of hydrogen-bond donors (Lipinski definition) is 0. The molecule has 0 bridgehead atoms. The number of benzene rings is 2. The van der Waals surface area contributed by atoms with Gasteiger partial charge in [0.05, 0.1) is 0 Å². The zero-order valence-corrected chi connectivity index (χ0v) is 17.6. The standard InChI is InChI=1S/C27H24N2O2/c1-27(2)30-25(23-7-3-19(4-8-23)21-11-15-28-16-12-21)26(31-27)24-9-5-20(6-10-24)22-13-17-29-18-14-22/h3-18,25-26H,1-2H3/t25-,26-/m0/s1. The lowest BCUT2D eigenvalue weighted by Gasteiger charge is -2.18. The van der Waals surface area contributed by atoms with Crippen LogP contribution in [0.3, 0.4) is 0 Å². The molecule has 0 N–H and O–H groups in total. The van der Waals surface area contributed by atoms with Gasteiger partial charge in [-0.2, -0.15) is 0 Å². The minimum absolute atomic E-state index is 0.173. The molecule has 0 saturated carbocycles. The Bertz CT molecular complexity index is 1050. The van der Waals surface area contributed by atoms with E-state index < -0.39 is 5.79 Å². The van der Waals surface area contributed by atoms with Gasteiger partial charge in [-0.25, -0.2) is 0 Å². The summed E-state index contributed by atoms with van der Waals surface area (Å²) in [7, 11) is 0. The number of hydrogen-bond acceptors (Lipinski definition) is 4. The van der Waals surface area contributed by atoms with Crippen molar-refractivity contribution in [2.45, 2.75) is 31.8 Å². The zero-order valence-electron chi connectivity index (χ0n) is 17.6. The molecule has 154 valence electrons. The summed E-state index contributed by atoms with van der Waals surface area (Å²) in [5, 5.41) is 0. The molecule has 4 aromatic rings. The highest BCUT2D eigenvalue weighted by atomic mass is 16.7. The average Bonchev–Trinajstić information content (AvgIpc) is 3.16. The number of pyridine rings is 2. The second kappa shape index (κ2) is 8.06. The SMILES string of the molecule is CC1(C)O[C@@H](c2ccc(-c3ccncc3)cc2)[C@H](c2ccc(-c3ccncc3)cc2)O1. The van der Waals surface area contributed by atoms with Gasteiger partial charge < -0.3 is 9.47 Å². The molecular weight excluding hydrogens is 384 g/mol. The van der Waals surface area contributed by atoms with Crippen molar-refractivity contribution in [3.8, 4) is 22.3 Å². The van der Waals surface area contributed by atoms with Crippen molar-refractivity contribution in [1.29, 1.82) is 0 Å². The number of rotatable bonds is 4. The van der Waals surface area contributed by atoms with Crippen molar-refractivity contribution >= 4 is 0 Å². The van der Waals surface area contributed by atoms with Crippen LogP contribution in [0.25, 0.3) is 22.3 Å². The molecule has 1 aliphatic heterocycles. The third-order valence-corrected chi connectivity index (χ3v) is 5.60. The van der Waals surface area contributed by atoms with Crippen LogP contribution in [-0.4, -0.2) is 15.8 Å². The summed E-state index contributed by atoms with van der Waals surface area (Å²) >= 11 is 0. The maximum absolute atomic E-state index is 6.32. The van der Waals surface area contributed by atoms with Crippen molar-refractivity contribution in [3.63, 3.8) is 0 Å². The van der Waals surface area contributed by atoms with Gasteiger partial charge >= 0.3 is 0 Å². The molecule has 4 nitrogen and oxygen atoms in total. The number of aromatic nitrogens is 2. The maximum atomic E-state index is 6.32. The summed E-state index contributed by atoms with van der Waals surface area (Å²) in [5.74, 6) is -0.650. The quantitative estimate of drug-likeness (QED) is 0.393. The molecule has 2 aromatic carbocycles. The van der Waals surface area contributed by atoms with Crippen molar-refractivity contribution in [2.24, 2.45) is 0 Å². The van der Waals surface area contributed by atoms with Crippen LogP contribution in [0.4, 0.5) is 0 Å². The van der Waals surface area contributed by atoms with E-state index in [0.29, 0.717) is 0 Å². The molecule has 5 rings (SSSR count). The minimum atomic E-state index is -0.650. The molecule has 3 heterocycles. The summed E-state index contributed by atoms with van der Waals surface area (Å²) in [4.78, 5) is 8.19. The minimum Gasteiger partial charge on any atom is -0.339 e.